The summed E-state index contributed by atoms with van der Waals surface area (Å²) in [7, 11) is 1.88. The van der Waals surface area contributed by atoms with E-state index in [4.69, 9.17) is 4.74 Å². The van der Waals surface area contributed by atoms with Crippen LogP contribution in [0.2, 0.25) is 0 Å². The van der Waals surface area contributed by atoms with Gasteiger partial charge in [0.2, 0.25) is 5.91 Å². The van der Waals surface area contributed by atoms with E-state index in [-0.39, 0.29) is 5.91 Å². The lowest BCUT2D eigenvalue weighted by atomic mass is 10.0. The summed E-state index contributed by atoms with van der Waals surface area (Å²) in [5.74, 6) is -0.185. The Morgan fingerprint density at radius 3 is 2.84 bits per heavy atom. The summed E-state index contributed by atoms with van der Waals surface area (Å²) in [4.78, 5) is 19.0. The second-order valence-corrected chi connectivity index (χ2v) is 7.78. The third-order valence-corrected chi connectivity index (χ3v) is 5.39. The number of ether oxygens (including phenoxy) is 1. The monoisotopic (exact) mass is 417 g/mol. The molecule has 1 atom stereocenters. The van der Waals surface area contributed by atoms with Crippen LogP contribution in [0.5, 0.6) is 0 Å². The Morgan fingerprint density at radius 1 is 1.26 bits per heavy atom. The summed E-state index contributed by atoms with van der Waals surface area (Å²) >= 11 is 0. The van der Waals surface area contributed by atoms with Crippen LogP contribution in [-0.4, -0.2) is 51.4 Å². The lowest BCUT2D eigenvalue weighted by Crippen LogP contribution is -2.42. The molecule has 3 heterocycles. The molecule has 1 N–H and O–H groups in total. The Kier molecular flexibility index (Phi) is 6.54. The molecule has 3 aromatic rings. The van der Waals surface area contributed by atoms with Gasteiger partial charge < -0.3 is 10.1 Å². The minimum absolute atomic E-state index is 0.185. The fraction of sp³-hybridized carbons (Fsp3) is 0.292. The molecule has 1 aliphatic heterocycles. The van der Waals surface area contributed by atoms with Gasteiger partial charge in [-0.3, -0.25) is 19.4 Å². The summed E-state index contributed by atoms with van der Waals surface area (Å²) in [5, 5.41) is 7.14. The van der Waals surface area contributed by atoms with E-state index >= 15 is 0 Å². The van der Waals surface area contributed by atoms with E-state index in [2.05, 4.69) is 39.4 Å². The highest BCUT2D eigenvalue weighted by molar-refractivity contribution is 6.02. The molecule has 7 heteroatoms. The van der Waals surface area contributed by atoms with Crippen molar-refractivity contribution in [2.24, 2.45) is 7.05 Å². The smallest absolute Gasteiger partial charge is 0.248 e. The van der Waals surface area contributed by atoms with Crippen LogP contribution in [-0.2, 0) is 23.1 Å². The Balaban J connectivity index is 1.37. The first-order valence-electron chi connectivity index (χ1n) is 10.4. The van der Waals surface area contributed by atoms with Crippen molar-refractivity contribution in [2.45, 2.75) is 19.5 Å². The van der Waals surface area contributed by atoms with E-state index in [0.717, 1.165) is 48.7 Å². The number of benzene rings is 1. The summed E-state index contributed by atoms with van der Waals surface area (Å²) in [6.45, 7) is 5.57. The average Bonchev–Trinajstić information content (AvgIpc) is 3.21. The molecular weight excluding hydrogens is 390 g/mol. The lowest BCUT2D eigenvalue weighted by Gasteiger charge is -2.33. The number of hydrogen-bond donors (Lipinski definition) is 1. The van der Waals surface area contributed by atoms with Gasteiger partial charge in [0.25, 0.3) is 0 Å². The second kappa shape index (κ2) is 9.68. The van der Waals surface area contributed by atoms with E-state index in [1.165, 1.54) is 11.6 Å². The predicted molar refractivity (Wildman–Crippen MR) is 121 cm³/mol. The highest BCUT2D eigenvalue weighted by atomic mass is 16.5. The molecule has 0 bridgehead atoms. The van der Waals surface area contributed by atoms with E-state index < -0.39 is 0 Å². The van der Waals surface area contributed by atoms with Crippen LogP contribution < -0.4 is 5.32 Å². The van der Waals surface area contributed by atoms with Gasteiger partial charge in [-0.15, -0.1) is 0 Å². The van der Waals surface area contributed by atoms with E-state index in [9.17, 15) is 4.79 Å². The molecule has 1 saturated heterocycles. The van der Waals surface area contributed by atoms with Crippen molar-refractivity contribution in [3.8, 4) is 11.1 Å². The number of amides is 1. The standard InChI is InChI=1S/C24H27N5O2/c1-18-17-31-12-11-29(18)15-19-3-6-22(7-4-19)27-24(30)8-5-20-13-25-10-9-23(20)21-14-26-28(2)16-21/h3-10,13-14,16,18H,11-12,15,17H2,1-2H3,(H,27,30). The summed E-state index contributed by atoms with van der Waals surface area (Å²) in [5.41, 5.74) is 4.82. The Morgan fingerprint density at radius 2 is 2.10 bits per heavy atom. The van der Waals surface area contributed by atoms with Crippen LogP contribution in [0.25, 0.3) is 17.2 Å². The zero-order valence-corrected chi connectivity index (χ0v) is 17.9. The highest BCUT2D eigenvalue weighted by Crippen LogP contribution is 2.23. The van der Waals surface area contributed by atoms with Crippen LogP contribution >= 0.6 is 0 Å². The first-order chi connectivity index (χ1) is 15.1. The zero-order valence-electron chi connectivity index (χ0n) is 17.9. The van der Waals surface area contributed by atoms with Gasteiger partial charge in [-0.1, -0.05) is 12.1 Å². The van der Waals surface area contributed by atoms with Gasteiger partial charge >= 0.3 is 0 Å². The molecule has 1 aromatic carbocycles. The third kappa shape index (κ3) is 5.45. The quantitative estimate of drug-likeness (QED) is 0.623. The molecule has 1 fully saturated rings. The molecule has 0 aliphatic carbocycles. The van der Waals surface area contributed by atoms with Crippen LogP contribution in [0.4, 0.5) is 5.69 Å². The Labute approximate surface area is 182 Å². The number of aromatic nitrogens is 3. The number of anilines is 1. The molecule has 1 aliphatic rings. The van der Waals surface area contributed by atoms with E-state index in [0.29, 0.717) is 6.04 Å². The first-order valence-corrected chi connectivity index (χ1v) is 10.4. The zero-order chi connectivity index (χ0) is 21.6. The van der Waals surface area contributed by atoms with Gasteiger partial charge in [-0.05, 0) is 42.3 Å². The van der Waals surface area contributed by atoms with Gasteiger partial charge in [0.05, 0.1) is 19.4 Å². The minimum atomic E-state index is -0.185. The van der Waals surface area contributed by atoms with Gasteiger partial charge in [-0.25, -0.2) is 0 Å². The van der Waals surface area contributed by atoms with Crippen LogP contribution in [0.15, 0.2) is 61.2 Å². The minimum Gasteiger partial charge on any atom is -0.379 e. The number of rotatable bonds is 6. The van der Waals surface area contributed by atoms with Crippen LogP contribution in [0.1, 0.15) is 18.1 Å². The predicted octanol–water partition coefficient (Wildman–Crippen LogP) is 3.35. The largest absolute Gasteiger partial charge is 0.379 e. The van der Waals surface area contributed by atoms with Crippen molar-refractivity contribution in [3.63, 3.8) is 0 Å². The molecule has 1 amide bonds. The van der Waals surface area contributed by atoms with E-state index in [1.54, 1.807) is 29.3 Å². The van der Waals surface area contributed by atoms with Crippen molar-refractivity contribution in [3.05, 3.63) is 72.3 Å². The van der Waals surface area contributed by atoms with Gasteiger partial charge in [0, 0.05) is 67.7 Å². The third-order valence-electron chi connectivity index (χ3n) is 5.39. The molecular formula is C24H27N5O2. The molecule has 160 valence electrons. The topological polar surface area (TPSA) is 72.3 Å². The summed E-state index contributed by atoms with van der Waals surface area (Å²) < 4.78 is 7.25. The molecule has 7 nitrogen and oxygen atoms in total. The number of aryl methyl sites for hydroxylation is 1. The number of nitrogens with zero attached hydrogens (tertiary/aromatic N) is 4. The van der Waals surface area contributed by atoms with Crippen molar-refractivity contribution in [1.29, 1.82) is 0 Å². The van der Waals surface area contributed by atoms with Crippen molar-refractivity contribution < 1.29 is 9.53 Å². The van der Waals surface area contributed by atoms with Gasteiger partial charge in [-0.2, -0.15) is 5.10 Å². The maximum absolute atomic E-state index is 12.4. The van der Waals surface area contributed by atoms with Crippen LogP contribution in [0, 0.1) is 0 Å². The Hall–Kier alpha value is -3.29. The van der Waals surface area contributed by atoms with Gasteiger partial charge in [0.15, 0.2) is 0 Å². The average molecular weight is 418 g/mol. The molecule has 4 rings (SSSR count). The molecule has 1 unspecified atom stereocenters. The molecule has 0 spiro atoms. The van der Waals surface area contributed by atoms with E-state index in [1.807, 2.05) is 31.4 Å². The number of hydrogen-bond acceptors (Lipinski definition) is 5. The number of nitrogens with one attached hydrogen (secondary N) is 1. The molecule has 0 radical (unpaired) electrons. The fourth-order valence-corrected chi connectivity index (χ4v) is 3.64. The second-order valence-electron chi connectivity index (χ2n) is 7.78. The molecule has 0 saturated carbocycles. The summed E-state index contributed by atoms with van der Waals surface area (Å²) in [6.07, 6.45) is 10.5. The maximum atomic E-state index is 12.4. The van der Waals surface area contributed by atoms with Crippen molar-refractivity contribution in [1.82, 2.24) is 19.7 Å². The normalized spacial score (nSPS) is 17.2. The fourth-order valence-electron chi connectivity index (χ4n) is 3.64. The number of carbonyl (C=O) groups is 1. The van der Waals surface area contributed by atoms with Crippen LogP contribution in [0.3, 0.4) is 0 Å². The Bertz CT molecular complexity index is 1060. The SMILES string of the molecule is CC1COCCN1Cc1ccc(NC(=O)C=Cc2cnccc2-c2cnn(C)c2)cc1. The highest BCUT2D eigenvalue weighted by Gasteiger charge is 2.18. The van der Waals surface area contributed by atoms with Crippen molar-refractivity contribution >= 4 is 17.7 Å². The number of pyridine rings is 1. The molecule has 2 aromatic heterocycles. The van der Waals surface area contributed by atoms with Crippen molar-refractivity contribution in [2.75, 3.05) is 25.1 Å². The number of carbonyl (C=O) groups excluding carboxylic acids is 1. The lowest BCUT2D eigenvalue weighted by molar-refractivity contribution is -0.111. The number of morpholine rings is 1. The first kappa shape index (κ1) is 21.0. The molecule has 31 heavy (non-hydrogen) atoms. The summed E-state index contributed by atoms with van der Waals surface area (Å²) in [6, 6.07) is 10.3. The van der Waals surface area contributed by atoms with Gasteiger partial charge in [0.1, 0.15) is 0 Å². The maximum Gasteiger partial charge on any atom is 0.248 e.